The maximum atomic E-state index is 12.3. The van der Waals surface area contributed by atoms with Gasteiger partial charge in [-0.1, -0.05) is 47.8 Å². The van der Waals surface area contributed by atoms with Crippen LogP contribution in [0.1, 0.15) is 22.3 Å². The van der Waals surface area contributed by atoms with E-state index in [9.17, 15) is 9.59 Å². The summed E-state index contributed by atoms with van der Waals surface area (Å²) in [6, 6.07) is 12.0. The molecule has 0 unspecified atom stereocenters. The number of amides is 2. The minimum atomic E-state index is -0.0958. The van der Waals surface area contributed by atoms with Crippen LogP contribution in [0.2, 0.25) is 0 Å². The number of hydrogen-bond acceptors (Lipinski definition) is 8. The van der Waals surface area contributed by atoms with Gasteiger partial charge in [-0.25, -0.2) is 0 Å². The van der Waals surface area contributed by atoms with Gasteiger partial charge in [0, 0.05) is 11.4 Å². The predicted molar refractivity (Wildman–Crippen MR) is 137 cm³/mol. The Morgan fingerprint density at radius 2 is 1.23 bits per heavy atom. The number of anilines is 2. The summed E-state index contributed by atoms with van der Waals surface area (Å²) in [5.41, 5.74) is 5.84. The van der Waals surface area contributed by atoms with Crippen LogP contribution in [0.15, 0.2) is 58.8 Å². The largest absolute Gasteiger partial charge is 0.325 e. The van der Waals surface area contributed by atoms with Gasteiger partial charge in [-0.15, -0.1) is 10.2 Å². The molecular formula is C23H24N8O2S2. The molecule has 4 rings (SSSR count). The second kappa shape index (κ2) is 11.7. The Labute approximate surface area is 210 Å². The molecule has 0 aliphatic heterocycles. The summed E-state index contributed by atoms with van der Waals surface area (Å²) in [7, 11) is 0. The molecule has 12 heteroatoms. The molecule has 10 nitrogen and oxygen atoms in total. The molecule has 4 aromatic rings. The third-order valence-corrected chi connectivity index (χ3v) is 6.82. The number of hydrogen-bond donors (Lipinski definition) is 4. The first-order valence-electron chi connectivity index (χ1n) is 10.7. The van der Waals surface area contributed by atoms with Gasteiger partial charge in [0.25, 0.3) is 0 Å². The minimum Gasteiger partial charge on any atom is -0.325 e. The summed E-state index contributed by atoms with van der Waals surface area (Å²) < 4.78 is 0. The number of aryl methyl sites for hydroxylation is 2. The number of nitrogens with zero attached hydrogens (tertiary/aromatic N) is 4. The molecule has 0 spiro atoms. The molecule has 0 saturated carbocycles. The van der Waals surface area contributed by atoms with E-state index in [1.54, 1.807) is 12.4 Å². The van der Waals surface area contributed by atoms with Crippen LogP contribution in [0, 0.1) is 13.8 Å². The number of H-pyrrole nitrogens is 2. The van der Waals surface area contributed by atoms with Crippen LogP contribution in [0.25, 0.3) is 0 Å². The topological polar surface area (TPSA) is 141 Å². The van der Waals surface area contributed by atoms with E-state index < -0.39 is 0 Å². The maximum absolute atomic E-state index is 12.3. The van der Waals surface area contributed by atoms with Crippen LogP contribution in [0.5, 0.6) is 0 Å². The van der Waals surface area contributed by atoms with E-state index in [4.69, 9.17) is 0 Å². The zero-order valence-electron chi connectivity index (χ0n) is 19.2. The molecule has 0 saturated heterocycles. The number of thioether (sulfide) groups is 2. The fourth-order valence-corrected chi connectivity index (χ4v) is 4.53. The van der Waals surface area contributed by atoms with Crippen molar-refractivity contribution in [3.05, 3.63) is 71.0 Å². The van der Waals surface area contributed by atoms with E-state index in [2.05, 4.69) is 53.6 Å². The summed E-state index contributed by atoms with van der Waals surface area (Å²) in [5, 5.41) is 27.6. The lowest BCUT2D eigenvalue weighted by atomic mass is 10.00. The molecule has 2 amide bonds. The average Bonchev–Trinajstić information content (AvgIpc) is 3.54. The van der Waals surface area contributed by atoms with E-state index in [1.165, 1.54) is 23.5 Å². The van der Waals surface area contributed by atoms with Crippen molar-refractivity contribution < 1.29 is 9.59 Å². The van der Waals surface area contributed by atoms with Crippen molar-refractivity contribution in [2.75, 3.05) is 22.1 Å². The van der Waals surface area contributed by atoms with Crippen LogP contribution < -0.4 is 10.6 Å². The molecule has 2 aromatic heterocycles. The molecular weight excluding hydrogens is 484 g/mol. The highest BCUT2D eigenvalue weighted by atomic mass is 32.2. The van der Waals surface area contributed by atoms with Crippen molar-refractivity contribution in [1.29, 1.82) is 0 Å². The third-order valence-electron chi connectivity index (χ3n) is 5.03. The van der Waals surface area contributed by atoms with Crippen molar-refractivity contribution in [3.63, 3.8) is 0 Å². The lowest BCUT2D eigenvalue weighted by Gasteiger charge is -2.12. The lowest BCUT2D eigenvalue weighted by Crippen LogP contribution is -2.15. The van der Waals surface area contributed by atoms with Gasteiger partial charge in [-0.3, -0.25) is 9.59 Å². The molecule has 180 valence electrons. The normalized spacial score (nSPS) is 10.8. The highest BCUT2D eigenvalue weighted by Crippen LogP contribution is 2.23. The monoisotopic (exact) mass is 508 g/mol. The molecule has 0 aliphatic rings. The van der Waals surface area contributed by atoms with Gasteiger partial charge in [0.1, 0.15) is 10.1 Å². The van der Waals surface area contributed by atoms with Gasteiger partial charge < -0.3 is 10.6 Å². The zero-order chi connectivity index (χ0) is 24.6. The van der Waals surface area contributed by atoms with E-state index in [-0.39, 0.29) is 23.3 Å². The van der Waals surface area contributed by atoms with Crippen molar-refractivity contribution in [2.24, 2.45) is 0 Å². The quantitative estimate of drug-likeness (QED) is 0.238. The Hall–Kier alpha value is -3.64. The Morgan fingerprint density at radius 3 is 1.60 bits per heavy atom. The fraction of sp³-hybridized carbons (Fsp3) is 0.217. The predicted octanol–water partition coefficient (Wildman–Crippen LogP) is 3.59. The van der Waals surface area contributed by atoms with E-state index in [1.807, 2.05) is 38.1 Å². The number of aromatic nitrogens is 6. The lowest BCUT2D eigenvalue weighted by molar-refractivity contribution is -0.114. The minimum absolute atomic E-state index is 0.0958. The van der Waals surface area contributed by atoms with Crippen LogP contribution in [-0.2, 0) is 16.0 Å². The number of carbonyl (C=O) groups excluding carboxylic acids is 2. The number of nitrogens with one attached hydrogen (secondary N) is 4. The number of benzene rings is 2. The first-order valence-corrected chi connectivity index (χ1v) is 12.7. The van der Waals surface area contributed by atoms with E-state index in [0.717, 1.165) is 40.0 Å². The molecule has 0 aliphatic carbocycles. The SMILES string of the molecule is Cc1cc(Cc2ccc(NC(=O)CSc3cn[nH]n3)c(C)c2)ccc1NC(=O)CSc1cn[nH]n1. The molecule has 2 aromatic carbocycles. The van der Waals surface area contributed by atoms with Crippen molar-refractivity contribution >= 4 is 46.7 Å². The second-order valence-corrected chi connectivity index (χ2v) is 9.76. The van der Waals surface area contributed by atoms with Gasteiger partial charge in [0.15, 0.2) is 0 Å². The Bertz CT molecular complexity index is 1190. The number of carbonyl (C=O) groups is 2. The maximum Gasteiger partial charge on any atom is 0.234 e. The Balaban J connectivity index is 1.30. The van der Waals surface area contributed by atoms with Crippen molar-refractivity contribution in [3.8, 4) is 0 Å². The molecule has 0 atom stereocenters. The standard InChI is InChI=1S/C23H24N8O2S2/c1-14-7-16(3-5-18(14)26-20(32)12-34-22-10-24-30-28-22)9-17-4-6-19(15(2)8-17)27-21(33)13-35-23-11-25-31-29-23/h3-8,10-11H,9,12-13H2,1-2H3,(H,26,32)(H,27,33)(H,24,28,30)(H,25,29,31). The number of rotatable bonds is 10. The highest BCUT2D eigenvalue weighted by molar-refractivity contribution is 8.00. The van der Waals surface area contributed by atoms with Crippen LogP contribution in [0.3, 0.4) is 0 Å². The molecule has 35 heavy (non-hydrogen) atoms. The van der Waals surface area contributed by atoms with Gasteiger partial charge in [0.2, 0.25) is 11.8 Å². The second-order valence-electron chi connectivity index (χ2n) is 7.77. The molecule has 0 bridgehead atoms. The van der Waals surface area contributed by atoms with Crippen molar-refractivity contribution in [1.82, 2.24) is 30.8 Å². The fourth-order valence-electron chi connectivity index (χ4n) is 3.36. The highest BCUT2D eigenvalue weighted by Gasteiger charge is 2.10. The first kappa shape index (κ1) is 24.5. The summed E-state index contributed by atoms with van der Waals surface area (Å²) in [4.78, 5) is 24.5. The van der Waals surface area contributed by atoms with Crippen LogP contribution >= 0.6 is 23.5 Å². The van der Waals surface area contributed by atoms with Gasteiger partial charge in [-0.2, -0.15) is 20.6 Å². The molecule has 0 radical (unpaired) electrons. The summed E-state index contributed by atoms with van der Waals surface area (Å²) >= 11 is 2.64. The number of aromatic amines is 2. The van der Waals surface area contributed by atoms with Gasteiger partial charge in [0.05, 0.1) is 23.9 Å². The van der Waals surface area contributed by atoms with Crippen LogP contribution in [-0.4, -0.2) is 54.1 Å². The van der Waals surface area contributed by atoms with Gasteiger partial charge in [-0.05, 0) is 54.7 Å². The zero-order valence-corrected chi connectivity index (χ0v) is 20.8. The Kier molecular flexibility index (Phi) is 8.16. The van der Waals surface area contributed by atoms with Crippen molar-refractivity contribution in [2.45, 2.75) is 30.3 Å². The first-order chi connectivity index (χ1) is 17.0. The smallest absolute Gasteiger partial charge is 0.234 e. The van der Waals surface area contributed by atoms with Crippen LogP contribution in [0.4, 0.5) is 11.4 Å². The van der Waals surface area contributed by atoms with E-state index >= 15 is 0 Å². The van der Waals surface area contributed by atoms with Gasteiger partial charge >= 0.3 is 0 Å². The summed E-state index contributed by atoms with van der Waals surface area (Å²) in [5.74, 6) is 0.326. The molecule has 4 N–H and O–H groups in total. The molecule has 2 heterocycles. The third kappa shape index (κ3) is 7.17. The average molecular weight is 509 g/mol. The summed E-state index contributed by atoms with van der Waals surface area (Å²) in [6.07, 6.45) is 3.91. The van der Waals surface area contributed by atoms with E-state index in [0.29, 0.717) is 10.1 Å². The Morgan fingerprint density at radius 1 is 0.771 bits per heavy atom. The summed E-state index contributed by atoms with van der Waals surface area (Å²) in [6.45, 7) is 3.95. The molecule has 0 fully saturated rings.